The highest BCUT2D eigenvalue weighted by atomic mass is 79.9. The van der Waals surface area contributed by atoms with Crippen LogP contribution in [0.25, 0.3) is 11.1 Å². The summed E-state index contributed by atoms with van der Waals surface area (Å²) in [7, 11) is 0. The van der Waals surface area contributed by atoms with E-state index in [4.69, 9.17) is 0 Å². The minimum absolute atomic E-state index is 0.176. The summed E-state index contributed by atoms with van der Waals surface area (Å²) < 4.78 is 0.811. The number of rotatable bonds is 0. The Morgan fingerprint density at radius 2 is 1.36 bits per heavy atom. The van der Waals surface area contributed by atoms with Crippen molar-refractivity contribution in [2.75, 3.05) is 5.32 Å². The van der Waals surface area contributed by atoms with E-state index in [2.05, 4.69) is 21.2 Å². The molecule has 5 rings (SSSR count). The van der Waals surface area contributed by atoms with E-state index in [-0.39, 0.29) is 11.7 Å². The van der Waals surface area contributed by atoms with Crippen molar-refractivity contribution < 1.29 is 9.59 Å². The first kappa shape index (κ1) is 14.6. The molecular formula is C21H12BrNO2. The first-order chi connectivity index (χ1) is 12.1. The summed E-state index contributed by atoms with van der Waals surface area (Å²) in [5.74, 6) is -0.463. The van der Waals surface area contributed by atoms with Gasteiger partial charge in [-0.3, -0.25) is 9.59 Å². The number of hydrogen-bond donors (Lipinski definition) is 1. The molecule has 120 valence electrons. The Kier molecular flexibility index (Phi) is 2.86. The van der Waals surface area contributed by atoms with Crippen LogP contribution in [0.1, 0.15) is 21.5 Å². The Labute approximate surface area is 152 Å². The van der Waals surface area contributed by atoms with Gasteiger partial charge in [0.25, 0.3) is 0 Å². The van der Waals surface area contributed by atoms with Crippen molar-refractivity contribution in [1.82, 2.24) is 0 Å². The normalized spacial score (nSPS) is 16.2. The third-order valence-corrected chi connectivity index (χ3v) is 5.60. The predicted molar refractivity (Wildman–Crippen MR) is 99.8 cm³/mol. The summed E-state index contributed by atoms with van der Waals surface area (Å²) in [6.07, 6.45) is 0. The summed E-state index contributed by atoms with van der Waals surface area (Å²) in [6, 6.07) is 20.7. The van der Waals surface area contributed by atoms with E-state index in [0.29, 0.717) is 11.3 Å². The second-order valence-electron chi connectivity index (χ2n) is 6.31. The Hall–Kier alpha value is -2.72. The van der Waals surface area contributed by atoms with Gasteiger partial charge in [0.1, 0.15) is 0 Å². The Morgan fingerprint density at radius 3 is 2.00 bits per heavy atom. The molecule has 4 heteroatoms. The second-order valence-corrected chi connectivity index (χ2v) is 7.23. The van der Waals surface area contributed by atoms with Gasteiger partial charge in [-0.05, 0) is 40.5 Å². The van der Waals surface area contributed by atoms with E-state index >= 15 is 0 Å². The van der Waals surface area contributed by atoms with Crippen molar-refractivity contribution in [3.63, 3.8) is 0 Å². The topological polar surface area (TPSA) is 46.2 Å². The standard InChI is InChI=1S/C21H12BrNO2/c22-12-9-10-18-15(11-12)19(24)21(20(25)23-18)16-7-3-1-5-13(16)14-6-2-4-8-17(14)21/h1-11H,(H,23,25). The third-order valence-electron chi connectivity index (χ3n) is 5.11. The molecule has 0 saturated heterocycles. The van der Waals surface area contributed by atoms with Crippen LogP contribution in [0.3, 0.4) is 0 Å². The number of halogens is 1. The van der Waals surface area contributed by atoms with Gasteiger partial charge in [-0.1, -0.05) is 64.5 Å². The summed E-state index contributed by atoms with van der Waals surface area (Å²) in [5, 5.41) is 2.95. The van der Waals surface area contributed by atoms with Crippen molar-refractivity contribution in [3.8, 4) is 11.1 Å². The SMILES string of the molecule is O=C1Nc2ccc(Br)cc2C(=O)C12c1ccccc1-c1ccccc12. The van der Waals surface area contributed by atoms with E-state index in [1.807, 2.05) is 54.6 Å². The van der Waals surface area contributed by atoms with Crippen molar-refractivity contribution in [1.29, 1.82) is 0 Å². The highest BCUT2D eigenvalue weighted by Crippen LogP contribution is 2.53. The van der Waals surface area contributed by atoms with Crippen LogP contribution in [-0.4, -0.2) is 11.7 Å². The number of ketones is 1. The number of carbonyl (C=O) groups excluding carboxylic acids is 2. The molecule has 0 radical (unpaired) electrons. The number of hydrogen-bond acceptors (Lipinski definition) is 2. The molecule has 0 saturated carbocycles. The maximum atomic E-state index is 13.6. The maximum Gasteiger partial charge on any atom is 0.247 e. The van der Waals surface area contributed by atoms with Gasteiger partial charge in [0.2, 0.25) is 5.91 Å². The zero-order valence-electron chi connectivity index (χ0n) is 13.0. The molecular weight excluding hydrogens is 378 g/mol. The smallest absolute Gasteiger partial charge is 0.247 e. The van der Waals surface area contributed by atoms with Crippen LogP contribution in [0.2, 0.25) is 0 Å². The molecule has 0 unspecified atom stereocenters. The van der Waals surface area contributed by atoms with Gasteiger partial charge in [0.05, 0.1) is 5.69 Å². The maximum absolute atomic E-state index is 13.6. The minimum atomic E-state index is -1.32. The summed E-state index contributed by atoms with van der Waals surface area (Å²) in [4.78, 5) is 26.9. The van der Waals surface area contributed by atoms with Gasteiger partial charge in [-0.2, -0.15) is 0 Å². The average molecular weight is 390 g/mol. The fourth-order valence-electron chi connectivity index (χ4n) is 4.06. The molecule has 1 aliphatic heterocycles. The van der Waals surface area contributed by atoms with Crippen molar-refractivity contribution >= 4 is 33.3 Å². The van der Waals surface area contributed by atoms with E-state index in [1.54, 1.807) is 12.1 Å². The van der Waals surface area contributed by atoms with E-state index in [9.17, 15) is 9.59 Å². The molecule has 1 spiro atoms. The molecule has 1 aliphatic carbocycles. The number of anilines is 1. The zero-order valence-corrected chi connectivity index (χ0v) is 14.6. The van der Waals surface area contributed by atoms with E-state index in [1.165, 1.54) is 0 Å². The highest BCUT2D eigenvalue weighted by Gasteiger charge is 2.57. The lowest BCUT2D eigenvalue weighted by Gasteiger charge is -2.34. The summed E-state index contributed by atoms with van der Waals surface area (Å²) in [6.45, 7) is 0. The van der Waals surface area contributed by atoms with Crippen LogP contribution in [-0.2, 0) is 10.2 Å². The number of amides is 1. The fraction of sp³-hybridized carbons (Fsp3) is 0.0476. The molecule has 0 aromatic heterocycles. The molecule has 3 aromatic rings. The Balaban J connectivity index is 1.90. The molecule has 0 bridgehead atoms. The first-order valence-electron chi connectivity index (χ1n) is 7.99. The monoisotopic (exact) mass is 389 g/mol. The van der Waals surface area contributed by atoms with Crippen LogP contribution in [0, 0.1) is 0 Å². The molecule has 2 aliphatic rings. The van der Waals surface area contributed by atoms with Crippen molar-refractivity contribution in [3.05, 3.63) is 87.9 Å². The van der Waals surface area contributed by atoms with Crippen LogP contribution >= 0.6 is 15.9 Å². The highest BCUT2D eigenvalue weighted by molar-refractivity contribution is 9.10. The van der Waals surface area contributed by atoms with Gasteiger partial charge < -0.3 is 5.32 Å². The fourth-order valence-corrected chi connectivity index (χ4v) is 4.42. The van der Waals surface area contributed by atoms with Crippen LogP contribution in [0.5, 0.6) is 0 Å². The van der Waals surface area contributed by atoms with Gasteiger partial charge in [-0.15, -0.1) is 0 Å². The minimum Gasteiger partial charge on any atom is -0.324 e. The molecule has 3 aromatic carbocycles. The molecule has 25 heavy (non-hydrogen) atoms. The van der Waals surface area contributed by atoms with E-state index in [0.717, 1.165) is 26.7 Å². The lowest BCUT2D eigenvalue weighted by Crippen LogP contribution is -2.50. The third kappa shape index (κ3) is 1.70. The molecule has 1 heterocycles. The number of fused-ring (bicyclic) bond motifs is 6. The van der Waals surface area contributed by atoms with Crippen LogP contribution in [0.4, 0.5) is 5.69 Å². The van der Waals surface area contributed by atoms with Gasteiger partial charge in [0, 0.05) is 10.0 Å². The number of benzene rings is 3. The lowest BCUT2D eigenvalue weighted by atomic mass is 9.69. The predicted octanol–water partition coefficient (Wildman–Crippen LogP) is 4.55. The zero-order chi connectivity index (χ0) is 17.2. The van der Waals surface area contributed by atoms with Crippen LogP contribution in [0.15, 0.2) is 71.2 Å². The molecule has 3 nitrogen and oxygen atoms in total. The summed E-state index contributed by atoms with van der Waals surface area (Å²) >= 11 is 3.43. The van der Waals surface area contributed by atoms with E-state index < -0.39 is 5.41 Å². The lowest BCUT2D eigenvalue weighted by molar-refractivity contribution is -0.119. The van der Waals surface area contributed by atoms with Gasteiger partial charge >= 0.3 is 0 Å². The van der Waals surface area contributed by atoms with Crippen LogP contribution < -0.4 is 5.32 Å². The number of carbonyl (C=O) groups is 2. The molecule has 1 N–H and O–H groups in total. The largest absolute Gasteiger partial charge is 0.324 e. The number of Topliss-reactive ketones (excluding diaryl/α,β-unsaturated/α-hetero) is 1. The Bertz CT molecular complexity index is 1040. The van der Waals surface area contributed by atoms with Gasteiger partial charge in [0.15, 0.2) is 11.2 Å². The summed E-state index contributed by atoms with van der Waals surface area (Å²) in [5.41, 5.74) is 3.17. The van der Waals surface area contributed by atoms with Crippen molar-refractivity contribution in [2.24, 2.45) is 0 Å². The second kappa shape index (κ2) is 4.90. The first-order valence-corrected chi connectivity index (χ1v) is 8.78. The van der Waals surface area contributed by atoms with Crippen molar-refractivity contribution in [2.45, 2.75) is 5.41 Å². The molecule has 0 fully saturated rings. The molecule has 0 atom stereocenters. The quantitative estimate of drug-likeness (QED) is 0.573. The van der Waals surface area contributed by atoms with Gasteiger partial charge in [-0.25, -0.2) is 0 Å². The molecule has 1 amide bonds. The average Bonchev–Trinajstić information content (AvgIpc) is 2.93. The Morgan fingerprint density at radius 1 is 0.760 bits per heavy atom. The number of nitrogens with one attached hydrogen (secondary N) is 1.